The molecule has 9 heteroatoms. The second-order valence-corrected chi connectivity index (χ2v) is 7.53. The highest BCUT2D eigenvalue weighted by atomic mass is 79.9. The lowest BCUT2D eigenvalue weighted by atomic mass is 10.1. The van der Waals surface area contributed by atoms with Crippen LogP contribution >= 0.6 is 28.3 Å². The molecular weight excluding hydrogens is 390 g/mol. The zero-order chi connectivity index (χ0) is 14.9. The number of benzene rings is 1. The van der Waals surface area contributed by atoms with Gasteiger partial charge in [0.2, 0.25) is 10.0 Å². The molecule has 120 valence electrons. The third kappa shape index (κ3) is 3.92. The molecule has 0 amide bonds. The summed E-state index contributed by atoms with van der Waals surface area (Å²) in [6.07, 6.45) is 0.709. The Kier molecular flexibility index (Phi) is 6.54. The van der Waals surface area contributed by atoms with Gasteiger partial charge in [-0.15, -0.1) is 12.4 Å². The summed E-state index contributed by atoms with van der Waals surface area (Å²) >= 11 is 2.83. The van der Waals surface area contributed by atoms with Crippen LogP contribution < -0.4 is 5.32 Å². The maximum absolute atomic E-state index is 13.8. The van der Waals surface area contributed by atoms with Crippen molar-refractivity contribution in [2.24, 2.45) is 5.92 Å². The summed E-state index contributed by atoms with van der Waals surface area (Å²) in [6.45, 7) is 1.34. The van der Waals surface area contributed by atoms with Gasteiger partial charge in [0.25, 0.3) is 0 Å². The van der Waals surface area contributed by atoms with Crippen LogP contribution in [0.25, 0.3) is 0 Å². The van der Waals surface area contributed by atoms with Gasteiger partial charge >= 0.3 is 0 Å². The van der Waals surface area contributed by atoms with Gasteiger partial charge in [-0.1, -0.05) is 0 Å². The fourth-order valence-electron chi connectivity index (χ4n) is 2.31. The van der Waals surface area contributed by atoms with E-state index in [0.717, 1.165) is 12.1 Å². The Balaban J connectivity index is 0.00000220. The van der Waals surface area contributed by atoms with Crippen molar-refractivity contribution in [3.8, 4) is 0 Å². The van der Waals surface area contributed by atoms with E-state index in [1.807, 2.05) is 0 Å². The van der Waals surface area contributed by atoms with Crippen LogP contribution in [0.1, 0.15) is 6.42 Å². The number of halogens is 4. The maximum atomic E-state index is 13.8. The van der Waals surface area contributed by atoms with Gasteiger partial charge in [0.1, 0.15) is 16.5 Å². The summed E-state index contributed by atoms with van der Waals surface area (Å²) in [5.74, 6) is -1.55. The first kappa shape index (κ1) is 18.8. The molecule has 1 aliphatic heterocycles. The van der Waals surface area contributed by atoms with Crippen molar-refractivity contribution in [1.82, 2.24) is 9.62 Å². The van der Waals surface area contributed by atoms with Gasteiger partial charge in [0.15, 0.2) is 0 Å². The van der Waals surface area contributed by atoms with E-state index in [1.54, 1.807) is 7.05 Å². The summed E-state index contributed by atoms with van der Waals surface area (Å²) in [5.41, 5.74) is 0. The molecule has 1 aliphatic rings. The Morgan fingerprint density at radius 2 is 2.05 bits per heavy atom. The van der Waals surface area contributed by atoms with Crippen molar-refractivity contribution < 1.29 is 17.2 Å². The minimum absolute atomic E-state index is 0. The molecule has 0 bridgehead atoms. The molecule has 0 saturated carbocycles. The van der Waals surface area contributed by atoms with Crippen molar-refractivity contribution in [3.63, 3.8) is 0 Å². The normalized spacial score (nSPS) is 19.5. The topological polar surface area (TPSA) is 49.4 Å². The zero-order valence-corrected chi connectivity index (χ0v) is 14.5. The molecule has 2 rings (SSSR count). The minimum Gasteiger partial charge on any atom is -0.319 e. The minimum atomic E-state index is -3.99. The SMILES string of the molecule is CNCC1CCN(S(=O)(=O)c2cc(F)c(Br)cc2F)C1.Cl. The van der Waals surface area contributed by atoms with E-state index in [2.05, 4.69) is 21.2 Å². The van der Waals surface area contributed by atoms with Gasteiger partial charge in [-0.2, -0.15) is 4.31 Å². The standard InChI is InChI=1S/C12H15BrF2N2O2S.ClH/c1-16-6-8-2-3-17(7-8)20(18,19)12-5-10(14)9(13)4-11(12)15;/h4-5,8,16H,2-3,6-7H2,1H3;1H. The van der Waals surface area contributed by atoms with Gasteiger partial charge in [-0.05, 0) is 54.0 Å². The van der Waals surface area contributed by atoms with Crippen molar-refractivity contribution in [3.05, 3.63) is 28.2 Å². The number of hydrogen-bond acceptors (Lipinski definition) is 3. The lowest BCUT2D eigenvalue weighted by Gasteiger charge is -2.17. The molecule has 1 fully saturated rings. The summed E-state index contributed by atoms with van der Waals surface area (Å²) < 4.78 is 53.1. The van der Waals surface area contributed by atoms with Gasteiger partial charge in [0, 0.05) is 13.1 Å². The molecule has 1 N–H and O–H groups in total. The van der Waals surface area contributed by atoms with E-state index < -0.39 is 26.6 Å². The number of hydrogen-bond donors (Lipinski definition) is 1. The molecule has 0 aromatic heterocycles. The van der Waals surface area contributed by atoms with E-state index in [-0.39, 0.29) is 22.8 Å². The second-order valence-electron chi connectivity index (χ2n) is 4.77. The number of rotatable bonds is 4. The molecule has 1 unspecified atom stereocenters. The third-order valence-corrected chi connectivity index (χ3v) is 5.82. The first-order valence-corrected chi connectivity index (χ1v) is 8.39. The number of sulfonamides is 1. The average molecular weight is 406 g/mol. The molecule has 4 nitrogen and oxygen atoms in total. The fraction of sp³-hybridized carbons (Fsp3) is 0.500. The molecule has 0 aliphatic carbocycles. The number of nitrogens with one attached hydrogen (secondary N) is 1. The van der Waals surface area contributed by atoms with Gasteiger partial charge in [-0.25, -0.2) is 17.2 Å². The highest BCUT2D eigenvalue weighted by molar-refractivity contribution is 9.10. The van der Waals surface area contributed by atoms with E-state index in [9.17, 15) is 17.2 Å². The van der Waals surface area contributed by atoms with Crippen molar-refractivity contribution >= 4 is 38.4 Å². The van der Waals surface area contributed by atoms with E-state index >= 15 is 0 Å². The summed E-state index contributed by atoms with van der Waals surface area (Å²) in [5, 5.41) is 2.99. The van der Waals surface area contributed by atoms with Crippen LogP contribution in [0.15, 0.2) is 21.5 Å². The van der Waals surface area contributed by atoms with E-state index in [4.69, 9.17) is 0 Å². The van der Waals surface area contributed by atoms with Gasteiger partial charge in [0.05, 0.1) is 4.47 Å². The molecule has 1 aromatic rings. The van der Waals surface area contributed by atoms with Crippen molar-refractivity contribution in [2.75, 3.05) is 26.7 Å². The molecule has 1 saturated heterocycles. The Labute approximate surface area is 137 Å². The smallest absolute Gasteiger partial charge is 0.246 e. The van der Waals surface area contributed by atoms with Gasteiger partial charge in [-0.3, -0.25) is 0 Å². The third-order valence-electron chi connectivity index (χ3n) is 3.33. The summed E-state index contributed by atoms with van der Waals surface area (Å²) in [4.78, 5) is -0.608. The molecule has 21 heavy (non-hydrogen) atoms. The average Bonchev–Trinajstić information content (AvgIpc) is 2.83. The zero-order valence-electron chi connectivity index (χ0n) is 11.3. The first-order valence-electron chi connectivity index (χ1n) is 6.15. The second kappa shape index (κ2) is 7.32. The lowest BCUT2D eigenvalue weighted by Crippen LogP contribution is -2.31. The highest BCUT2D eigenvalue weighted by Crippen LogP contribution is 2.28. The Morgan fingerprint density at radius 1 is 1.38 bits per heavy atom. The quantitative estimate of drug-likeness (QED) is 0.783. The molecule has 0 spiro atoms. The molecule has 1 aromatic carbocycles. The predicted molar refractivity (Wildman–Crippen MR) is 82.1 cm³/mol. The highest BCUT2D eigenvalue weighted by Gasteiger charge is 2.34. The van der Waals surface area contributed by atoms with Gasteiger partial charge < -0.3 is 5.32 Å². The molecule has 1 atom stereocenters. The van der Waals surface area contributed by atoms with E-state index in [1.165, 1.54) is 4.31 Å². The molecule has 1 heterocycles. The van der Waals surface area contributed by atoms with Crippen LogP contribution in [-0.2, 0) is 10.0 Å². The largest absolute Gasteiger partial charge is 0.319 e. The Bertz CT molecular complexity index is 616. The predicted octanol–water partition coefficient (Wildman–Crippen LogP) is 2.38. The maximum Gasteiger partial charge on any atom is 0.246 e. The number of nitrogens with zero attached hydrogens (tertiary/aromatic N) is 1. The Hall–Kier alpha value is -0.280. The van der Waals surface area contributed by atoms with Crippen LogP contribution in [0, 0.1) is 17.6 Å². The Morgan fingerprint density at radius 3 is 2.67 bits per heavy atom. The first-order chi connectivity index (χ1) is 9.36. The van der Waals surface area contributed by atoms with Crippen LogP contribution in [-0.4, -0.2) is 39.4 Å². The van der Waals surface area contributed by atoms with E-state index in [0.29, 0.717) is 26.1 Å². The fourth-order valence-corrected chi connectivity index (χ4v) is 4.22. The summed E-state index contributed by atoms with van der Waals surface area (Å²) in [6, 6.07) is 1.56. The van der Waals surface area contributed by atoms with Crippen LogP contribution in [0.4, 0.5) is 8.78 Å². The van der Waals surface area contributed by atoms with Crippen molar-refractivity contribution in [2.45, 2.75) is 11.3 Å². The van der Waals surface area contributed by atoms with Crippen LogP contribution in [0.2, 0.25) is 0 Å². The van der Waals surface area contributed by atoms with Crippen molar-refractivity contribution in [1.29, 1.82) is 0 Å². The van der Waals surface area contributed by atoms with Crippen LogP contribution in [0.5, 0.6) is 0 Å². The lowest BCUT2D eigenvalue weighted by molar-refractivity contribution is 0.445. The molecular formula is C12H16BrClF2N2O2S. The monoisotopic (exact) mass is 404 g/mol. The van der Waals surface area contributed by atoms with Crippen LogP contribution in [0.3, 0.4) is 0 Å². The summed E-state index contributed by atoms with van der Waals surface area (Å²) in [7, 11) is -2.20. The molecule has 0 radical (unpaired) electrons.